The zero-order valence-electron chi connectivity index (χ0n) is 25.0. The Morgan fingerprint density at radius 2 is 1.80 bits per heavy atom. The van der Waals surface area contributed by atoms with Gasteiger partial charge in [-0.05, 0) is 86.9 Å². The predicted octanol–water partition coefficient (Wildman–Crippen LogP) is 6.43. The maximum absolute atomic E-state index is 17.7. The molecule has 5 aliphatic carbocycles. The molecule has 1 aromatic rings. The number of alkyl halides is 2. The fraction of sp³-hybridized carbons (Fsp3) is 0.588. The largest absolute Gasteiger partial charge is 0.449 e. The summed E-state index contributed by atoms with van der Waals surface area (Å²) in [6, 6.07) is 6.31. The van der Waals surface area contributed by atoms with E-state index in [4.69, 9.17) is 16.3 Å². The van der Waals surface area contributed by atoms with Crippen molar-refractivity contribution < 1.29 is 37.8 Å². The number of carbonyl (C=O) groups excluding carboxylic acids is 4. The van der Waals surface area contributed by atoms with Crippen molar-refractivity contribution >= 4 is 46.0 Å². The first kappa shape index (κ1) is 31.6. The SMILES string of the molecule is C[C@@H]1C[C@H]2[C@@H]3C[C@H](F)C4=CC(=O)C=C[C@]4(C)[C@@]3(F)[C@@H](O)C[C@]2(C)[C@@]1(OC(=O)C1CCC1)C(=O)SCC(=O)c1ccc(Cl)cc1. The molecule has 0 saturated heterocycles. The Kier molecular flexibility index (Phi) is 7.81. The van der Waals surface area contributed by atoms with Crippen LogP contribution in [0.2, 0.25) is 5.02 Å². The molecule has 4 fully saturated rings. The molecule has 5 aliphatic rings. The van der Waals surface area contributed by atoms with E-state index in [0.717, 1.165) is 24.3 Å². The molecule has 0 heterocycles. The molecule has 1 N–H and O–H groups in total. The van der Waals surface area contributed by atoms with Gasteiger partial charge in [0.05, 0.1) is 17.8 Å². The van der Waals surface area contributed by atoms with Gasteiger partial charge < -0.3 is 9.84 Å². The summed E-state index contributed by atoms with van der Waals surface area (Å²) in [4.78, 5) is 53.1. The Bertz CT molecular complexity index is 1470. The van der Waals surface area contributed by atoms with Crippen molar-refractivity contribution in [2.24, 2.45) is 34.5 Å². The monoisotopic (exact) mass is 646 g/mol. The van der Waals surface area contributed by atoms with Gasteiger partial charge in [-0.2, -0.15) is 0 Å². The Labute approximate surface area is 265 Å². The topological polar surface area (TPSA) is 97.7 Å². The second-order valence-corrected chi connectivity index (χ2v) is 15.2. The maximum Gasteiger partial charge on any atom is 0.309 e. The van der Waals surface area contributed by atoms with E-state index in [1.807, 2.05) is 0 Å². The van der Waals surface area contributed by atoms with Crippen LogP contribution in [0.15, 0.2) is 48.1 Å². The lowest BCUT2D eigenvalue weighted by Crippen LogP contribution is -2.70. The van der Waals surface area contributed by atoms with Gasteiger partial charge in [-0.1, -0.05) is 49.7 Å². The van der Waals surface area contributed by atoms with Crippen LogP contribution in [0.1, 0.15) is 69.7 Å². The number of hydrogen-bond acceptors (Lipinski definition) is 7. The third kappa shape index (κ3) is 4.35. The molecule has 44 heavy (non-hydrogen) atoms. The fourth-order valence-corrected chi connectivity index (χ4v) is 10.3. The molecule has 0 bridgehead atoms. The normalized spacial score (nSPS) is 41.1. The highest BCUT2D eigenvalue weighted by molar-refractivity contribution is 8.14. The Morgan fingerprint density at radius 1 is 1.11 bits per heavy atom. The first-order valence-electron chi connectivity index (χ1n) is 15.3. The molecule has 236 valence electrons. The Hall–Kier alpha value is -2.36. The number of rotatable bonds is 6. The zero-order valence-corrected chi connectivity index (χ0v) is 26.6. The average molecular weight is 647 g/mol. The zero-order chi connectivity index (χ0) is 31.8. The number of benzene rings is 1. The van der Waals surface area contributed by atoms with Gasteiger partial charge in [-0.25, -0.2) is 8.78 Å². The van der Waals surface area contributed by atoms with Gasteiger partial charge in [-0.3, -0.25) is 19.2 Å². The van der Waals surface area contributed by atoms with Gasteiger partial charge in [0.15, 0.2) is 22.8 Å². The maximum atomic E-state index is 17.7. The molecule has 1 aromatic carbocycles. The minimum absolute atomic E-state index is 0.0208. The van der Waals surface area contributed by atoms with E-state index in [9.17, 15) is 24.3 Å². The number of allylic oxidation sites excluding steroid dienone is 4. The lowest BCUT2D eigenvalue weighted by atomic mass is 9.44. The van der Waals surface area contributed by atoms with Gasteiger partial charge in [0.1, 0.15) is 6.17 Å². The van der Waals surface area contributed by atoms with Crippen molar-refractivity contribution in [2.75, 3.05) is 5.75 Å². The second-order valence-electron chi connectivity index (χ2n) is 13.8. The minimum atomic E-state index is -2.32. The van der Waals surface area contributed by atoms with Crippen LogP contribution in [0.3, 0.4) is 0 Å². The smallest absolute Gasteiger partial charge is 0.309 e. The van der Waals surface area contributed by atoms with Crippen LogP contribution >= 0.6 is 23.4 Å². The molecule has 0 unspecified atom stereocenters. The van der Waals surface area contributed by atoms with Crippen LogP contribution in [0.5, 0.6) is 0 Å². The molecule has 10 heteroatoms. The quantitative estimate of drug-likeness (QED) is 0.281. The van der Waals surface area contributed by atoms with E-state index in [1.165, 1.54) is 19.1 Å². The van der Waals surface area contributed by atoms with Gasteiger partial charge in [0.25, 0.3) is 0 Å². The van der Waals surface area contributed by atoms with Gasteiger partial charge in [-0.15, -0.1) is 0 Å². The first-order valence-corrected chi connectivity index (χ1v) is 16.7. The third-order valence-electron chi connectivity index (χ3n) is 11.7. The van der Waals surface area contributed by atoms with Crippen molar-refractivity contribution in [3.05, 3.63) is 58.7 Å². The average Bonchev–Trinajstić information content (AvgIpc) is 3.15. The van der Waals surface area contributed by atoms with Crippen molar-refractivity contribution in [3.63, 3.8) is 0 Å². The van der Waals surface area contributed by atoms with E-state index < -0.39 is 69.0 Å². The summed E-state index contributed by atoms with van der Waals surface area (Å²) in [5.41, 5.74) is -6.50. The van der Waals surface area contributed by atoms with E-state index in [1.54, 1.807) is 38.1 Å². The summed E-state index contributed by atoms with van der Waals surface area (Å²) in [7, 11) is 0. The van der Waals surface area contributed by atoms with Crippen molar-refractivity contribution in [3.8, 4) is 0 Å². The molecule has 0 radical (unpaired) electrons. The summed E-state index contributed by atoms with van der Waals surface area (Å²) >= 11 is 6.71. The van der Waals surface area contributed by atoms with Gasteiger partial charge in [0.2, 0.25) is 5.12 Å². The predicted molar refractivity (Wildman–Crippen MR) is 163 cm³/mol. The van der Waals surface area contributed by atoms with Gasteiger partial charge in [0, 0.05) is 33.3 Å². The van der Waals surface area contributed by atoms with Crippen molar-refractivity contribution in [1.82, 2.24) is 0 Å². The van der Waals surface area contributed by atoms with E-state index in [2.05, 4.69) is 0 Å². The summed E-state index contributed by atoms with van der Waals surface area (Å²) in [5, 5.41) is 11.7. The van der Waals surface area contributed by atoms with Crippen LogP contribution in [-0.2, 0) is 19.1 Å². The number of aliphatic hydroxyl groups excluding tert-OH is 1. The number of fused-ring (bicyclic) bond motifs is 5. The summed E-state index contributed by atoms with van der Waals surface area (Å²) in [6.45, 7) is 5.06. The highest BCUT2D eigenvalue weighted by atomic mass is 35.5. The number of ketones is 2. The molecule has 0 aromatic heterocycles. The molecule has 6 rings (SSSR count). The van der Waals surface area contributed by atoms with Crippen LogP contribution in [0, 0.1) is 34.5 Å². The van der Waals surface area contributed by atoms with Crippen molar-refractivity contribution in [2.45, 2.75) is 82.8 Å². The van der Waals surface area contributed by atoms with Gasteiger partial charge >= 0.3 is 5.97 Å². The second kappa shape index (κ2) is 10.9. The highest BCUT2D eigenvalue weighted by Gasteiger charge is 2.78. The Morgan fingerprint density at radius 3 is 2.43 bits per heavy atom. The molecule has 0 aliphatic heterocycles. The summed E-state index contributed by atoms with van der Waals surface area (Å²) in [5.74, 6) is -4.05. The van der Waals surface area contributed by atoms with Crippen molar-refractivity contribution in [1.29, 1.82) is 0 Å². The van der Waals surface area contributed by atoms with Crippen LogP contribution < -0.4 is 0 Å². The van der Waals surface area contributed by atoms with Crippen LogP contribution in [0.25, 0.3) is 0 Å². The number of halogens is 3. The van der Waals surface area contributed by atoms with E-state index in [-0.39, 0.29) is 42.3 Å². The number of Topliss-reactive ketones (excluding diaryl/α,β-unsaturated/α-hetero) is 1. The standard InChI is InChI=1S/C34H37ClF2O6S/c1-18-13-23-24-15-26(36)25-14-22(38)11-12-31(25,2)33(24,37)28(40)16-32(23,3)34(18,43-29(41)20-5-4-6-20)30(42)44-17-27(39)19-7-9-21(35)10-8-19/h7-12,14,18,20,23-24,26,28,40H,4-6,13,15-17H2,1-3H3/t18-,23+,24+,26+,28+,31+,32+,33+,34+/m1/s1. The third-order valence-corrected chi connectivity index (χ3v) is 12.9. The highest BCUT2D eigenvalue weighted by Crippen LogP contribution is 2.72. The molecule has 9 atom stereocenters. The summed E-state index contributed by atoms with van der Waals surface area (Å²) in [6.07, 6.45) is 2.40. The Balaban J connectivity index is 1.38. The molecule has 0 amide bonds. The number of thioether (sulfide) groups is 1. The van der Waals surface area contributed by atoms with E-state index >= 15 is 8.78 Å². The lowest BCUT2D eigenvalue weighted by molar-refractivity contribution is -0.230. The molecule has 6 nitrogen and oxygen atoms in total. The number of ether oxygens (including phenoxy) is 1. The first-order chi connectivity index (χ1) is 20.7. The van der Waals surface area contributed by atoms with Crippen LogP contribution in [-0.4, -0.2) is 57.1 Å². The summed E-state index contributed by atoms with van der Waals surface area (Å²) < 4.78 is 39.9. The molecule has 0 spiro atoms. The van der Waals surface area contributed by atoms with E-state index in [0.29, 0.717) is 23.4 Å². The number of aliphatic hydroxyl groups is 1. The molecular weight excluding hydrogens is 610 g/mol. The molecule has 4 saturated carbocycles. The number of esters is 1. The number of hydrogen-bond donors (Lipinski definition) is 1. The minimum Gasteiger partial charge on any atom is -0.449 e. The van der Waals surface area contributed by atoms with Crippen LogP contribution in [0.4, 0.5) is 8.78 Å². The fourth-order valence-electron chi connectivity index (χ4n) is 9.06. The molecular formula is C34H37ClF2O6S. The lowest BCUT2D eigenvalue weighted by Gasteiger charge is -2.63. The number of carbonyl (C=O) groups is 4.